The molecule has 0 atom stereocenters. The van der Waals surface area contributed by atoms with Gasteiger partial charge in [0.1, 0.15) is 0 Å². The molecule has 3 heteroatoms. The molecule has 11 heavy (non-hydrogen) atoms. The summed E-state index contributed by atoms with van der Waals surface area (Å²) < 4.78 is 0. The fourth-order valence-electron chi connectivity index (χ4n) is 0.632. The molecule has 3 nitrogen and oxygen atoms in total. The van der Waals surface area contributed by atoms with E-state index in [0.29, 0.717) is 12.8 Å². The maximum absolute atomic E-state index is 10.7. The topological polar surface area (TPSA) is 53.5 Å². The molecule has 0 aliphatic carbocycles. The van der Waals surface area contributed by atoms with Crippen molar-refractivity contribution in [1.82, 2.24) is 0 Å². The largest absolute Gasteiger partial charge is 0.361 e. The van der Waals surface area contributed by atoms with E-state index >= 15 is 0 Å². The van der Waals surface area contributed by atoms with Crippen molar-refractivity contribution in [3.8, 4) is 0 Å². The number of nitrogens with zero attached hydrogens (tertiary/aromatic N) is 2. The Bertz CT molecular complexity index is 208. The molecular weight excluding hydrogens is 140 g/mol. The Morgan fingerprint density at radius 3 is 2.64 bits per heavy atom. The van der Waals surface area contributed by atoms with E-state index < -0.39 is 0 Å². The van der Waals surface area contributed by atoms with E-state index in [2.05, 4.69) is 4.79 Å². The Morgan fingerprint density at radius 1 is 1.55 bits per heavy atom. The fraction of sp³-hybridized carbons (Fsp3) is 0.500. The molecule has 0 heterocycles. The van der Waals surface area contributed by atoms with Crippen LogP contribution in [0.1, 0.15) is 26.7 Å². The standard InChI is InChI=1S/C8H12N2O/c1-7(2)4-3-5-8(11)6-10-9/h4,6H,3,5H2,1-2H3. The average Bonchev–Trinajstić information content (AvgIpc) is 1.87. The summed E-state index contributed by atoms with van der Waals surface area (Å²) in [4.78, 5) is 13.3. The molecule has 0 aromatic heterocycles. The van der Waals surface area contributed by atoms with Gasteiger partial charge < -0.3 is 5.53 Å². The minimum atomic E-state index is -0.148. The summed E-state index contributed by atoms with van der Waals surface area (Å²) in [6.45, 7) is 3.95. The van der Waals surface area contributed by atoms with E-state index in [0.717, 1.165) is 6.21 Å². The van der Waals surface area contributed by atoms with Crippen LogP contribution in [0.2, 0.25) is 0 Å². The van der Waals surface area contributed by atoms with E-state index in [1.807, 2.05) is 19.9 Å². The fourth-order valence-corrected chi connectivity index (χ4v) is 0.632. The molecule has 0 saturated heterocycles. The van der Waals surface area contributed by atoms with Crippen molar-refractivity contribution in [2.24, 2.45) is 0 Å². The third kappa shape index (κ3) is 6.68. The van der Waals surface area contributed by atoms with Crippen molar-refractivity contribution in [3.63, 3.8) is 0 Å². The normalized spacial score (nSPS) is 8.18. The van der Waals surface area contributed by atoms with Gasteiger partial charge in [-0.05, 0) is 20.3 Å². The minimum absolute atomic E-state index is 0.148. The van der Waals surface area contributed by atoms with Gasteiger partial charge in [-0.3, -0.25) is 4.79 Å². The number of Topliss-reactive ketones (excluding diaryl/α,β-unsaturated/α-hetero) is 1. The summed E-state index contributed by atoms with van der Waals surface area (Å²) in [6, 6.07) is 0. The van der Waals surface area contributed by atoms with Gasteiger partial charge >= 0.3 is 6.21 Å². The first-order valence-corrected chi connectivity index (χ1v) is 3.50. The summed E-state index contributed by atoms with van der Waals surface area (Å²) in [5.41, 5.74) is 9.17. The van der Waals surface area contributed by atoms with Gasteiger partial charge in [-0.1, -0.05) is 11.6 Å². The molecule has 0 aliphatic rings. The average molecular weight is 152 g/mol. The zero-order valence-electron chi connectivity index (χ0n) is 6.87. The molecule has 0 radical (unpaired) electrons. The molecule has 0 fully saturated rings. The van der Waals surface area contributed by atoms with E-state index in [1.54, 1.807) is 0 Å². The molecule has 0 saturated carbocycles. The Morgan fingerprint density at radius 2 is 2.18 bits per heavy atom. The Hall–Kier alpha value is -1.21. The number of hydrogen-bond donors (Lipinski definition) is 0. The third-order valence-corrected chi connectivity index (χ3v) is 1.15. The molecule has 0 unspecified atom stereocenters. The summed E-state index contributed by atoms with van der Waals surface area (Å²) >= 11 is 0. The van der Waals surface area contributed by atoms with Gasteiger partial charge in [0, 0.05) is 6.42 Å². The second-order valence-electron chi connectivity index (χ2n) is 2.53. The Labute approximate surface area is 66.3 Å². The van der Waals surface area contributed by atoms with E-state index in [-0.39, 0.29) is 5.78 Å². The number of allylic oxidation sites excluding steroid dienone is 2. The zero-order chi connectivity index (χ0) is 8.69. The van der Waals surface area contributed by atoms with E-state index in [4.69, 9.17) is 5.53 Å². The molecule has 0 rings (SSSR count). The van der Waals surface area contributed by atoms with Crippen LogP contribution in [0.25, 0.3) is 5.53 Å². The quantitative estimate of drug-likeness (QED) is 0.261. The van der Waals surface area contributed by atoms with Crippen LogP contribution in [-0.2, 0) is 4.79 Å². The molecule has 0 aromatic rings. The highest BCUT2D eigenvalue weighted by atomic mass is 16.1. The van der Waals surface area contributed by atoms with Crippen molar-refractivity contribution in [2.75, 3.05) is 0 Å². The lowest BCUT2D eigenvalue weighted by Crippen LogP contribution is -1.98. The number of carbonyl (C=O) groups excluding carboxylic acids is 1. The third-order valence-electron chi connectivity index (χ3n) is 1.15. The van der Waals surface area contributed by atoms with Gasteiger partial charge in [0.15, 0.2) is 0 Å². The van der Waals surface area contributed by atoms with Crippen LogP contribution < -0.4 is 0 Å². The molecule has 0 aromatic carbocycles. The molecule has 0 N–H and O–H groups in total. The van der Waals surface area contributed by atoms with Crippen LogP contribution in [0.3, 0.4) is 0 Å². The SMILES string of the molecule is CC(C)=CCCC(=O)C=[N+]=[N-]. The van der Waals surface area contributed by atoms with Gasteiger partial charge in [0.05, 0.1) is 0 Å². The second kappa shape index (κ2) is 5.57. The van der Waals surface area contributed by atoms with Crippen molar-refractivity contribution in [3.05, 3.63) is 17.2 Å². The summed E-state index contributed by atoms with van der Waals surface area (Å²) in [6.07, 6.45) is 4.03. The summed E-state index contributed by atoms with van der Waals surface area (Å²) in [5, 5.41) is 0. The van der Waals surface area contributed by atoms with Gasteiger partial charge in [-0.15, -0.1) is 0 Å². The van der Waals surface area contributed by atoms with Crippen molar-refractivity contribution < 1.29 is 9.58 Å². The lowest BCUT2D eigenvalue weighted by atomic mass is 10.2. The number of hydrogen-bond acceptors (Lipinski definition) is 1. The Balaban J connectivity index is 3.63. The summed E-state index contributed by atoms with van der Waals surface area (Å²) in [5.74, 6) is -0.148. The van der Waals surface area contributed by atoms with Crippen LogP contribution in [0, 0.1) is 0 Å². The van der Waals surface area contributed by atoms with Crippen molar-refractivity contribution in [1.29, 1.82) is 0 Å². The van der Waals surface area contributed by atoms with Crippen molar-refractivity contribution in [2.45, 2.75) is 26.7 Å². The highest BCUT2D eigenvalue weighted by molar-refractivity contribution is 6.25. The van der Waals surface area contributed by atoms with Gasteiger partial charge in [0.2, 0.25) is 5.78 Å². The first-order valence-electron chi connectivity index (χ1n) is 3.50. The van der Waals surface area contributed by atoms with E-state index in [9.17, 15) is 4.79 Å². The zero-order valence-corrected chi connectivity index (χ0v) is 6.87. The number of carbonyl (C=O) groups is 1. The van der Waals surface area contributed by atoms with Crippen molar-refractivity contribution >= 4 is 12.0 Å². The van der Waals surface area contributed by atoms with Crippen LogP contribution in [0.4, 0.5) is 0 Å². The lowest BCUT2D eigenvalue weighted by Gasteiger charge is -1.87. The van der Waals surface area contributed by atoms with Crippen LogP contribution in [0.15, 0.2) is 11.6 Å². The van der Waals surface area contributed by atoms with Crippen LogP contribution >= 0.6 is 0 Å². The molecule has 0 bridgehead atoms. The molecular formula is C8H12N2O. The lowest BCUT2D eigenvalue weighted by molar-refractivity contribution is -0.116. The second-order valence-corrected chi connectivity index (χ2v) is 2.53. The predicted molar refractivity (Wildman–Crippen MR) is 43.4 cm³/mol. The highest BCUT2D eigenvalue weighted by Crippen LogP contribution is 1.96. The molecule has 0 spiro atoms. The van der Waals surface area contributed by atoms with Gasteiger partial charge in [-0.25, -0.2) is 0 Å². The smallest absolute Gasteiger partial charge is 0.323 e. The first-order chi connectivity index (χ1) is 5.16. The van der Waals surface area contributed by atoms with Crippen LogP contribution in [0.5, 0.6) is 0 Å². The summed E-state index contributed by atoms with van der Waals surface area (Å²) in [7, 11) is 0. The number of rotatable bonds is 4. The van der Waals surface area contributed by atoms with E-state index in [1.165, 1.54) is 5.57 Å². The maximum Gasteiger partial charge on any atom is 0.323 e. The predicted octanol–water partition coefficient (Wildman–Crippen LogP) is 1.60. The number of ketones is 1. The monoisotopic (exact) mass is 152 g/mol. The first kappa shape index (κ1) is 9.79. The van der Waals surface area contributed by atoms with Gasteiger partial charge in [-0.2, -0.15) is 4.79 Å². The molecule has 60 valence electrons. The Kier molecular flexibility index (Phi) is 4.95. The minimum Gasteiger partial charge on any atom is -0.361 e. The van der Waals surface area contributed by atoms with Gasteiger partial charge in [0.25, 0.3) is 0 Å². The van der Waals surface area contributed by atoms with Crippen LogP contribution in [-0.4, -0.2) is 16.8 Å². The molecule has 0 aliphatic heterocycles. The molecule has 0 amide bonds. The highest BCUT2D eigenvalue weighted by Gasteiger charge is 1.98. The maximum atomic E-state index is 10.7.